The Kier molecular flexibility index (Phi) is 6.71. The first-order valence-corrected chi connectivity index (χ1v) is 14.4. The van der Waals surface area contributed by atoms with Crippen LogP contribution < -0.4 is 5.73 Å². The summed E-state index contributed by atoms with van der Waals surface area (Å²) in [5.41, 5.74) is 10.6. The first-order valence-electron chi connectivity index (χ1n) is 13.1. The molecule has 0 amide bonds. The van der Waals surface area contributed by atoms with E-state index in [1.165, 1.54) is 57.3 Å². The lowest BCUT2D eigenvalue weighted by molar-refractivity contribution is 0.152. The highest BCUT2D eigenvalue weighted by molar-refractivity contribution is 7.13. The van der Waals surface area contributed by atoms with Crippen molar-refractivity contribution in [2.24, 2.45) is 11.8 Å². The monoisotopic (exact) mass is 520 g/mol. The molecule has 3 aromatic heterocycles. The van der Waals surface area contributed by atoms with Gasteiger partial charge in [0.15, 0.2) is 0 Å². The van der Waals surface area contributed by atoms with Crippen molar-refractivity contribution in [2.75, 3.05) is 25.4 Å². The molecule has 4 heterocycles. The molecule has 2 aliphatic rings. The highest BCUT2D eigenvalue weighted by Gasteiger charge is 2.34. The van der Waals surface area contributed by atoms with Gasteiger partial charge >= 0.3 is 0 Å². The van der Waals surface area contributed by atoms with Gasteiger partial charge in [-0.25, -0.2) is 9.97 Å². The zero-order chi connectivity index (χ0) is 24.6. The van der Waals surface area contributed by atoms with Gasteiger partial charge in [0.2, 0.25) is 5.28 Å². The standard InChI is InChI=1S/C28H33ClN6S/c1-2-34-12-10-19(11-13-34)20-8-9-22(15-20)35-16-23(24-25(30)32-28(29)33-26(24)35)27-31-21(17-36-27)14-18-6-4-3-5-7-18/h3-7,16-17,19-20,22H,2,8-15H2,1H3,(H2,30,32,33). The first-order chi connectivity index (χ1) is 17.6. The summed E-state index contributed by atoms with van der Waals surface area (Å²) in [7, 11) is 0. The van der Waals surface area contributed by atoms with Gasteiger partial charge < -0.3 is 15.2 Å². The van der Waals surface area contributed by atoms with E-state index < -0.39 is 0 Å². The van der Waals surface area contributed by atoms with Crippen molar-refractivity contribution in [2.45, 2.75) is 51.5 Å². The number of piperidine rings is 1. The number of thiazole rings is 1. The number of nitrogens with two attached hydrogens (primary N) is 1. The molecule has 6 nitrogen and oxygen atoms in total. The predicted molar refractivity (Wildman–Crippen MR) is 149 cm³/mol. The molecule has 4 aromatic rings. The minimum atomic E-state index is 0.205. The number of nitrogen functional groups attached to an aromatic ring is 1. The second-order valence-electron chi connectivity index (χ2n) is 10.3. The number of hydrogen-bond acceptors (Lipinski definition) is 6. The number of hydrogen-bond donors (Lipinski definition) is 1. The molecule has 1 saturated carbocycles. The van der Waals surface area contributed by atoms with E-state index in [1.807, 2.05) is 6.07 Å². The van der Waals surface area contributed by atoms with E-state index in [0.717, 1.165) is 45.6 Å². The second kappa shape index (κ2) is 10.1. The summed E-state index contributed by atoms with van der Waals surface area (Å²) in [5.74, 6) is 2.05. The molecule has 1 aliphatic carbocycles. The number of benzene rings is 1. The van der Waals surface area contributed by atoms with Crippen LogP contribution in [0.1, 0.15) is 56.3 Å². The maximum Gasteiger partial charge on any atom is 0.226 e. The summed E-state index contributed by atoms with van der Waals surface area (Å²) >= 11 is 7.95. The first kappa shape index (κ1) is 23.9. The summed E-state index contributed by atoms with van der Waals surface area (Å²) in [5, 5.41) is 4.19. The van der Waals surface area contributed by atoms with Gasteiger partial charge in [-0.1, -0.05) is 37.3 Å². The van der Waals surface area contributed by atoms with Gasteiger partial charge in [0.05, 0.1) is 11.1 Å². The number of nitrogens with zero attached hydrogens (tertiary/aromatic N) is 5. The number of anilines is 1. The summed E-state index contributed by atoms with van der Waals surface area (Å²) in [4.78, 5) is 16.5. The Balaban J connectivity index is 1.29. The van der Waals surface area contributed by atoms with Gasteiger partial charge in [-0.2, -0.15) is 4.98 Å². The van der Waals surface area contributed by atoms with Crippen molar-refractivity contribution in [1.82, 2.24) is 24.4 Å². The number of rotatable bonds is 6. The minimum absolute atomic E-state index is 0.205. The van der Waals surface area contributed by atoms with Gasteiger partial charge in [-0.05, 0) is 80.7 Å². The Bertz CT molecular complexity index is 1340. The van der Waals surface area contributed by atoms with E-state index in [2.05, 4.69) is 62.2 Å². The predicted octanol–water partition coefficient (Wildman–Crippen LogP) is 6.45. The lowest BCUT2D eigenvalue weighted by atomic mass is 9.83. The van der Waals surface area contributed by atoms with Crippen molar-refractivity contribution in [3.05, 3.63) is 58.4 Å². The van der Waals surface area contributed by atoms with Gasteiger partial charge in [0.25, 0.3) is 0 Å². The molecule has 1 saturated heterocycles. The van der Waals surface area contributed by atoms with Crippen LogP contribution in [0, 0.1) is 11.8 Å². The Morgan fingerprint density at radius 2 is 1.83 bits per heavy atom. The van der Waals surface area contributed by atoms with Crippen LogP contribution in [0.25, 0.3) is 21.6 Å². The molecule has 188 valence electrons. The summed E-state index contributed by atoms with van der Waals surface area (Å²) in [6.45, 7) is 5.93. The van der Waals surface area contributed by atoms with Crippen LogP contribution >= 0.6 is 22.9 Å². The van der Waals surface area contributed by atoms with E-state index in [9.17, 15) is 0 Å². The van der Waals surface area contributed by atoms with Crippen molar-refractivity contribution >= 4 is 39.8 Å². The van der Waals surface area contributed by atoms with E-state index >= 15 is 0 Å². The van der Waals surface area contributed by atoms with Crippen molar-refractivity contribution in [1.29, 1.82) is 0 Å². The van der Waals surface area contributed by atoms with Gasteiger partial charge in [-0.3, -0.25) is 0 Å². The zero-order valence-electron chi connectivity index (χ0n) is 20.7. The SMILES string of the molecule is CCN1CCC(C2CCC(n3cc(-c4nc(Cc5ccccc5)cs4)c4c(N)nc(Cl)nc43)C2)CC1. The minimum Gasteiger partial charge on any atom is -0.383 e. The second-order valence-corrected chi connectivity index (χ2v) is 11.5. The molecule has 36 heavy (non-hydrogen) atoms. The fourth-order valence-electron chi connectivity index (χ4n) is 6.32. The van der Waals surface area contributed by atoms with E-state index in [0.29, 0.717) is 11.9 Å². The number of halogens is 1. The van der Waals surface area contributed by atoms with Crippen LogP contribution in [0.4, 0.5) is 5.82 Å². The Hall–Kier alpha value is -2.48. The molecule has 2 N–H and O–H groups in total. The van der Waals surface area contributed by atoms with Crippen molar-refractivity contribution < 1.29 is 0 Å². The molecule has 2 fully saturated rings. The summed E-state index contributed by atoms with van der Waals surface area (Å²) < 4.78 is 2.33. The Morgan fingerprint density at radius 3 is 2.61 bits per heavy atom. The third-order valence-electron chi connectivity index (χ3n) is 8.27. The fourth-order valence-corrected chi connectivity index (χ4v) is 7.33. The zero-order valence-corrected chi connectivity index (χ0v) is 22.3. The van der Waals surface area contributed by atoms with Crippen molar-refractivity contribution in [3.8, 4) is 10.6 Å². The molecule has 8 heteroatoms. The van der Waals surface area contributed by atoms with Crippen LogP contribution in [0.3, 0.4) is 0 Å². The molecule has 2 atom stereocenters. The molecule has 1 aliphatic heterocycles. The van der Waals surface area contributed by atoms with Crippen LogP contribution in [-0.4, -0.2) is 44.1 Å². The largest absolute Gasteiger partial charge is 0.383 e. The van der Waals surface area contributed by atoms with E-state index in [1.54, 1.807) is 11.3 Å². The molecule has 6 rings (SSSR count). The molecule has 0 radical (unpaired) electrons. The number of likely N-dealkylation sites (tertiary alicyclic amines) is 1. The van der Waals surface area contributed by atoms with Gasteiger partial charge in [0, 0.05) is 29.6 Å². The van der Waals surface area contributed by atoms with E-state index in [4.69, 9.17) is 22.3 Å². The molecule has 0 spiro atoms. The quantitative estimate of drug-likeness (QED) is 0.295. The van der Waals surface area contributed by atoms with E-state index in [-0.39, 0.29) is 5.28 Å². The summed E-state index contributed by atoms with van der Waals surface area (Å²) in [6.07, 6.45) is 9.32. The highest BCUT2D eigenvalue weighted by Crippen LogP contribution is 2.45. The Labute approximate surface area is 221 Å². The fraction of sp³-hybridized carbons (Fsp3) is 0.464. The third kappa shape index (κ3) is 4.64. The van der Waals surface area contributed by atoms with Gasteiger partial charge in [0.1, 0.15) is 16.5 Å². The number of aromatic nitrogens is 4. The third-order valence-corrected chi connectivity index (χ3v) is 9.36. The van der Waals surface area contributed by atoms with Crippen LogP contribution in [0.2, 0.25) is 5.28 Å². The normalized spacial score (nSPS) is 21.5. The van der Waals surface area contributed by atoms with Gasteiger partial charge in [-0.15, -0.1) is 11.3 Å². The highest BCUT2D eigenvalue weighted by atomic mass is 35.5. The van der Waals surface area contributed by atoms with Crippen LogP contribution in [-0.2, 0) is 6.42 Å². The molecule has 1 aromatic carbocycles. The smallest absolute Gasteiger partial charge is 0.226 e. The van der Waals surface area contributed by atoms with Crippen LogP contribution in [0.15, 0.2) is 41.9 Å². The van der Waals surface area contributed by atoms with Crippen LogP contribution in [0.5, 0.6) is 0 Å². The average Bonchev–Trinajstić information content (AvgIpc) is 3.63. The topological polar surface area (TPSA) is 72.9 Å². The molecular formula is C28H33ClN6S. The molecule has 0 bridgehead atoms. The molecular weight excluding hydrogens is 488 g/mol. The average molecular weight is 521 g/mol. The van der Waals surface area contributed by atoms with Crippen molar-refractivity contribution in [3.63, 3.8) is 0 Å². The maximum absolute atomic E-state index is 6.43. The molecule has 2 unspecified atom stereocenters. The lowest BCUT2D eigenvalue weighted by Gasteiger charge is -2.34. The summed E-state index contributed by atoms with van der Waals surface area (Å²) in [6, 6.07) is 10.9. The number of fused-ring (bicyclic) bond motifs is 1. The lowest BCUT2D eigenvalue weighted by Crippen LogP contribution is -2.35. The Morgan fingerprint density at radius 1 is 1.03 bits per heavy atom. The maximum atomic E-state index is 6.43.